The summed E-state index contributed by atoms with van der Waals surface area (Å²) in [5.41, 5.74) is 0.295. The Kier molecular flexibility index (Phi) is 4.69. The van der Waals surface area contributed by atoms with Crippen LogP contribution in [0.15, 0.2) is 6.07 Å². The number of aromatic nitrogens is 2. The summed E-state index contributed by atoms with van der Waals surface area (Å²) in [4.78, 5) is 22.4. The average Bonchev–Trinajstić information content (AvgIpc) is 2.76. The fourth-order valence-corrected chi connectivity index (χ4v) is 4.23. The number of hydrogen-bond donors (Lipinski definition) is 1. The summed E-state index contributed by atoms with van der Waals surface area (Å²) < 4.78 is 23.2. The third-order valence-corrected chi connectivity index (χ3v) is 5.34. The zero-order valence-electron chi connectivity index (χ0n) is 13.3. The van der Waals surface area contributed by atoms with Crippen LogP contribution in [0.5, 0.6) is 0 Å². The van der Waals surface area contributed by atoms with Crippen LogP contribution in [-0.2, 0) is 9.84 Å². The molecule has 0 bridgehead atoms. The quantitative estimate of drug-likeness (QED) is 0.868. The van der Waals surface area contributed by atoms with E-state index in [1.54, 1.807) is 20.0 Å². The predicted octanol–water partition coefficient (Wildman–Crippen LogP) is 0.547. The fourth-order valence-electron chi connectivity index (χ4n) is 2.45. The van der Waals surface area contributed by atoms with Crippen LogP contribution in [0.2, 0.25) is 0 Å². The Balaban J connectivity index is 2.24. The largest absolute Gasteiger partial charge is 0.356 e. The van der Waals surface area contributed by atoms with Crippen LogP contribution >= 0.6 is 0 Å². The molecule has 2 heterocycles. The van der Waals surface area contributed by atoms with Crippen LogP contribution < -0.4 is 10.2 Å². The highest BCUT2D eigenvalue weighted by atomic mass is 32.2. The lowest BCUT2D eigenvalue weighted by atomic mass is 10.2. The van der Waals surface area contributed by atoms with Gasteiger partial charge in [0.05, 0.1) is 11.5 Å². The molecule has 0 saturated carbocycles. The lowest BCUT2D eigenvalue weighted by molar-refractivity contribution is 0.0937. The topological polar surface area (TPSA) is 92.3 Å². The van der Waals surface area contributed by atoms with Crippen molar-refractivity contribution in [3.8, 4) is 0 Å². The molecule has 1 amide bonds. The van der Waals surface area contributed by atoms with Gasteiger partial charge in [-0.1, -0.05) is 0 Å². The van der Waals surface area contributed by atoms with Gasteiger partial charge in [0, 0.05) is 25.2 Å². The van der Waals surface area contributed by atoms with Crippen LogP contribution in [0.3, 0.4) is 0 Å². The average molecular weight is 326 g/mol. The van der Waals surface area contributed by atoms with Crippen LogP contribution in [0, 0.1) is 6.92 Å². The Morgan fingerprint density at radius 1 is 1.41 bits per heavy atom. The molecule has 1 fully saturated rings. The van der Waals surface area contributed by atoms with Crippen LogP contribution in [0.1, 0.15) is 36.6 Å². The third kappa shape index (κ3) is 3.94. The number of hydrogen-bond acceptors (Lipinski definition) is 6. The van der Waals surface area contributed by atoms with Gasteiger partial charge in [0.15, 0.2) is 9.84 Å². The summed E-state index contributed by atoms with van der Waals surface area (Å²) in [7, 11) is -1.16. The van der Waals surface area contributed by atoms with Crippen LogP contribution in [-0.4, -0.2) is 54.9 Å². The smallest absolute Gasteiger partial charge is 0.270 e. The molecule has 0 aromatic carbocycles. The first-order valence-corrected chi connectivity index (χ1v) is 9.10. The Bertz CT molecular complexity index is 673. The molecule has 1 aliphatic heterocycles. The van der Waals surface area contributed by atoms with E-state index in [-0.39, 0.29) is 29.5 Å². The van der Waals surface area contributed by atoms with Gasteiger partial charge in [-0.15, -0.1) is 0 Å². The highest BCUT2D eigenvalue weighted by Crippen LogP contribution is 2.22. The zero-order chi connectivity index (χ0) is 16.5. The summed E-state index contributed by atoms with van der Waals surface area (Å²) in [6.07, 6.45) is 0.579. The Labute approximate surface area is 131 Å². The summed E-state index contributed by atoms with van der Waals surface area (Å²) >= 11 is 0. The van der Waals surface area contributed by atoms with Gasteiger partial charge in [-0.05, 0) is 27.2 Å². The first-order valence-electron chi connectivity index (χ1n) is 7.28. The molecule has 122 valence electrons. The summed E-state index contributed by atoms with van der Waals surface area (Å²) in [5, 5.41) is 2.79. The van der Waals surface area contributed by atoms with E-state index in [1.165, 1.54) is 0 Å². The van der Waals surface area contributed by atoms with Gasteiger partial charge in [0.2, 0.25) is 0 Å². The Hall–Kier alpha value is -1.70. The molecule has 1 N–H and O–H groups in total. The second kappa shape index (κ2) is 6.20. The zero-order valence-corrected chi connectivity index (χ0v) is 14.1. The van der Waals surface area contributed by atoms with Gasteiger partial charge in [-0.25, -0.2) is 18.4 Å². The molecular weight excluding hydrogens is 304 g/mol. The minimum Gasteiger partial charge on any atom is -0.356 e. The third-order valence-electron chi connectivity index (χ3n) is 3.59. The molecule has 1 unspecified atom stereocenters. The number of nitrogens with zero attached hydrogens (tertiary/aromatic N) is 3. The van der Waals surface area contributed by atoms with Crippen molar-refractivity contribution in [3.05, 3.63) is 17.6 Å². The van der Waals surface area contributed by atoms with Gasteiger partial charge >= 0.3 is 0 Å². The number of carbonyl (C=O) groups is 1. The first-order chi connectivity index (χ1) is 10.2. The molecule has 1 aliphatic rings. The maximum Gasteiger partial charge on any atom is 0.270 e. The van der Waals surface area contributed by atoms with E-state index in [0.29, 0.717) is 23.8 Å². The van der Waals surface area contributed by atoms with E-state index in [2.05, 4.69) is 15.3 Å². The first kappa shape index (κ1) is 16.7. The fraction of sp³-hybridized carbons (Fsp3) is 0.643. The van der Waals surface area contributed by atoms with E-state index in [9.17, 15) is 13.2 Å². The molecule has 2 rings (SSSR count). The SMILES string of the molecule is Cc1nc(C(=O)NC(C)C)cc(N(C)C2CCS(=O)(=O)C2)n1. The molecular formula is C14H22N4O3S. The Morgan fingerprint density at radius 3 is 2.64 bits per heavy atom. The van der Waals surface area contributed by atoms with Crippen LogP contribution in [0.4, 0.5) is 5.82 Å². The minimum absolute atomic E-state index is 0.0175. The van der Waals surface area contributed by atoms with Crippen molar-refractivity contribution in [2.75, 3.05) is 23.5 Å². The second-order valence-corrected chi connectivity index (χ2v) is 8.18. The number of aryl methyl sites for hydroxylation is 1. The van der Waals surface area contributed by atoms with Gasteiger partial charge in [-0.3, -0.25) is 4.79 Å². The number of carbonyl (C=O) groups excluding carboxylic acids is 1. The maximum atomic E-state index is 12.1. The molecule has 7 nitrogen and oxygen atoms in total. The maximum absolute atomic E-state index is 12.1. The van der Waals surface area contributed by atoms with Crippen molar-refractivity contribution in [1.82, 2.24) is 15.3 Å². The molecule has 1 aromatic heterocycles. The molecule has 0 radical (unpaired) electrons. The van der Waals surface area contributed by atoms with Gasteiger partial charge in [-0.2, -0.15) is 0 Å². The lowest BCUT2D eigenvalue weighted by Crippen LogP contribution is -2.34. The second-order valence-electron chi connectivity index (χ2n) is 5.95. The summed E-state index contributed by atoms with van der Waals surface area (Å²) in [5.74, 6) is 1.13. The van der Waals surface area contributed by atoms with Gasteiger partial charge < -0.3 is 10.2 Å². The van der Waals surface area contributed by atoms with E-state index >= 15 is 0 Å². The van der Waals surface area contributed by atoms with E-state index in [0.717, 1.165) is 0 Å². The molecule has 0 spiro atoms. The van der Waals surface area contributed by atoms with E-state index in [4.69, 9.17) is 0 Å². The van der Waals surface area contributed by atoms with Crippen molar-refractivity contribution in [1.29, 1.82) is 0 Å². The van der Waals surface area contributed by atoms with Crippen molar-refractivity contribution in [2.24, 2.45) is 0 Å². The standard InChI is InChI=1S/C14H22N4O3S/c1-9(2)15-14(19)12-7-13(17-10(3)16-12)18(4)11-5-6-22(20,21)8-11/h7,9,11H,5-6,8H2,1-4H3,(H,15,19). The summed E-state index contributed by atoms with van der Waals surface area (Å²) in [6, 6.07) is 1.51. The van der Waals surface area contributed by atoms with Crippen molar-refractivity contribution in [2.45, 2.75) is 39.3 Å². The lowest BCUT2D eigenvalue weighted by Gasteiger charge is -2.25. The Morgan fingerprint density at radius 2 is 2.09 bits per heavy atom. The van der Waals surface area contributed by atoms with Gasteiger partial charge in [0.25, 0.3) is 5.91 Å². The molecule has 1 atom stereocenters. The monoisotopic (exact) mass is 326 g/mol. The van der Waals surface area contributed by atoms with Crippen molar-refractivity contribution < 1.29 is 13.2 Å². The van der Waals surface area contributed by atoms with E-state index in [1.807, 2.05) is 18.7 Å². The number of rotatable bonds is 4. The number of amides is 1. The molecule has 0 aliphatic carbocycles. The molecule has 1 saturated heterocycles. The predicted molar refractivity (Wildman–Crippen MR) is 84.8 cm³/mol. The molecule has 1 aromatic rings. The van der Waals surface area contributed by atoms with E-state index < -0.39 is 9.84 Å². The minimum atomic E-state index is -2.97. The number of anilines is 1. The molecule has 22 heavy (non-hydrogen) atoms. The van der Waals surface area contributed by atoms with Gasteiger partial charge in [0.1, 0.15) is 17.3 Å². The number of nitrogens with one attached hydrogen (secondary N) is 1. The highest BCUT2D eigenvalue weighted by Gasteiger charge is 2.31. The van der Waals surface area contributed by atoms with Crippen LogP contribution in [0.25, 0.3) is 0 Å². The number of sulfone groups is 1. The normalized spacial score (nSPS) is 20.1. The van der Waals surface area contributed by atoms with Crippen molar-refractivity contribution >= 4 is 21.6 Å². The van der Waals surface area contributed by atoms with Crippen molar-refractivity contribution in [3.63, 3.8) is 0 Å². The highest BCUT2D eigenvalue weighted by molar-refractivity contribution is 7.91. The molecule has 8 heteroatoms. The summed E-state index contributed by atoms with van der Waals surface area (Å²) in [6.45, 7) is 5.47.